The molecule has 0 bridgehead atoms. The first-order valence-electron chi connectivity index (χ1n) is 6.13. The maximum Gasteiger partial charge on any atom is 0.201 e. The van der Waals surface area contributed by atoms with Crippen LogP contribution in [0.4, 0.5) is 0 Å². The van der Waals surface area contributed by atoms with Crippen molar-refractivity contribution in [1.82, 2.24) is 10.1 Å². The van der Waals surface area contributed by atoms with Gasteiger partial charge in [-0.2, -0.15) is 0 Å². The van der Waals surface area contributed by atoms with Crippen molar-refractivity contribution in [1.29, 1.82) is 0 Å². The molecule has 0 radical (unpaired) electrons. The number of hydrogen-bond donors (Lipinski definition) is 0. The van der Waals surface area contributed by atoms with Crippen LogP contribution in [0, 0.1) is 0 Å². The third-order valence-corrected chi connectivity index (χ3v) is 4.19. The highest BCUT2D eigenvalue weighted by Gasteiger charge is 2.33. The van der Waals surface area contributed by atoms with E-state index < -0.39 is 15.6 Å². The number of carbonyl (C=O) groups excluding carboxylic acids is 1. The van der Waals surface area contributed by atoms with Gasteiger partial charge in [-0.25, -0.2) is 13.4 Å². The Morgan fingerprint density at radius 2 is 2.10 bits per heavy atom. The molecular formula is C13H12N2O4S. The minimum absolute atomic E-state index is 0.0556. The molecule has 0 aromatic carbocycles. The second kappa shape index (κ2) is 4.52. The molecular weight excluding hydrogens is 280 g/mol. The van der Waals surface area contributed by atoms with Crippen LogP contribution in [-0.4, -0.2) is 30.6 Å². The van der Waals surface area contributed by atoms with Crippen LogP contribution in [-0.2, 0) is 9.84 Å². The van der Waals surface area contributed by atoms with Crippen molar-refractivity contribution in [2.45, 2.75) is 23.8 Å². The molecule has 0 atom stereocenters. The van der Waals surface area contributed by atoms with Crippen LogP contribution < -0.4 is 0 Å². The Bertz CT molecular complexity index is 775. The molecule has 1 saturated carbocycles. The van der Waals surface area contributed by atoms with Gasteiger partial charge in [0.15, 0.2) is 20.6 Å². The van der Waals surface area contributed by atoms with Crippen molar-refractivity contribution >= 4 is 15.6 Å². The van der Waals surface area contributed by atoms with E-state index in [-0.39, 0.29) is 16.5 Å². The van der Waals surface area contributed by atoms with Crippen molar-refractivity contribution in [2.24, 2.45) is 0 Å². The summed E-state index contributed by atoms with van der Waals surface area (Å²) in [5.41, 5.74) is 0.380. The van der Waals surface area contributed by atoms with E-state index in [1.165, 1.54) is 24.5 Å². The normalized spacial score (nSPS) is 15.2. The minimum atomic E-state index is -3.57. The van der Waals surface area contributed by atoms with Crippen LogP contribution >= 0.6 is 0 Å². The van der Waals surface area contributed by atoms with E-state index >= 15 is 0 Å². The second-order valence-electron chi connectivity index (χ2n) is 4.84. The van der Waals surface area contributed by atoms with Gasteiger partial charge in [-0.15, -0.1) is 0 Å². The molecule has 2 aromatic rings. The Morgan fingerprint density at radius 1 is 1.35 bits per heavy atom. The zero-order valence-electron chi connectivity index (χ0n) is 10.7. The van der Waals surface area contributed by atoms with E-state index in [1.807, 2.05) is 0 Å². The summed E-state index contributed by atoms with van der Waals surface area (Å²) in [6, 6.07) is 2.99. The number of carbonyl (C=O) groups is 1. The second-order valence-corrected chi connectivity index (χ2v) is 6.77. The molecule has 1 fully saturated rings. The molecule has 0 unspecified atom stereocenters. The summed E-state index contributed by atoms with van der Waals surface area (Å²) < 4.78 is 28.5. The van der Waals surface area contributed by atoms with Crippen molar-refractivity contribution < 1.29 is 17.7 Å². The SMILES string of the molecule is CS(=O)(=O)c1ncccc1C(=O)c1cnoc1C1CC1. The van der Waals surface area contributed by atoms with Crippen molar-refractivity contribution in [3.63, 3.8) is 0 Å². The van der Waals surface area contributed by atoms with Crippen LogP contribution in [0.25, 0.3) is 0 Å². The summed E-state index contributed by atoms with van der Waals surface area (Å²) in [6.07, 6.45) is 5.64. The molecule has 0 aliphatic heterocycles. The lowest BCUT2D eigenvalue weighted by Gasteiger charge is -2.05. The van der Waals surface area contributed by atoms with Gasteiger partial charge < -0.3 is 4.52 Å². The summed E-state index contributed by atoms with van der Waals surface area (Å²) in [4.78, 5) is 16.3. The van der Waals surface area contributed by atoms with Crippen LogP contribution in [0.2, 0.25) is 0 Å². The molecule has 0 amide bonds. The lowest BCUT2D eigenvalue weighted by atomic mass is 10.0. The number of sulfone groups is 1. The molecule has 3 rings (SSSR count). The highest BCUT2D eigenvalue weighted by Crippen LogP contribution is 2.42. The van der Waals surface area contributed by atoms with Crippen molar-refractivity contribution in [3.8, 4) is 0 Å². The van der Waals surface area contributed by atoms with E-state index in [9.17, 15) is 13.2 Å². The summed E-state index contributed by atoms with van der Waals surface area (Å²) in [5, 5.41) is 3.44. The fraction of sp³-hybridized carbons (Fsp3) is 0.308. The molecule has 0 saturated heterocycles. The average Bonchev–Trinajstić information content (AvgIpc) is 3.14. The Hall–Kier alpha value is -2.02. The Morgan fingerprint density at radius 3 is 2.75 bits per heavy atom. The molecule has 104 valence electrons. The standard InChI is InChI=1S/C13H12N2O4S/c1-20(17,18)13-9(3-2-6-14-13)11(16)10-7-15-19-12(10)8-4-5-8/h2-3,6-8H,4-5H2,1H3. The van der Waals surface area contributed by atoms with Crippen LogP contribution in [0.5, 0.6) is 0 Å². The predicted octanol–water partition coefficient (Wildman–Crippen LogP) is 1.58. The van der Waals surface area contributed by atoms with E-state index in [1.54, 1.807) is 0 Å². The monoisotopic (exact) mass is 292 g/mol. The van der Waals surface area contributed by atoms with Gasteiger partial charge in [0.1, 0.15) is 0 Å². The van der Waals surface area contributed by atoms with Crippen LogP contribution in [0.1, 0.15) is 40.4 Å². The Balaban J connectivity index is 2.09. The molecule has 1 aliphatic carbocycles. The van der Waals surface area contributed by atoms with E-state index in [2.05, 4.69) is 10.1 Å². The van der Waals surface area contributed by atoms with Crippen LogP contribution in [0.3, 0.4) is 0 Å². The van der Waals surface area contributed by atoms with Gasteiger partial charge >= 0.3 is 0 Å². The van der Waals surface area contributed by atoms with Gasteiger partial charge in [0, 0.05) is 18.4 Å². The first-order chi connectivity index (χ1) is 9.48. The fourth-order valence-electron chi connectivity index (χ4n) is 2.06. The fourth-order valence-corrected chi connectivity index (χ4v) is 2.88. The lowest BCUT2D eigenvalue weighted by Crippen LogP contribution is -2.11. The highest BCUT2D eigenvalue weighted by molar-refractivity contribution is 7.90. The lowest BCUT2D eigenvalue weighted by molar-refractivity contribution is 0.103. The largest absolute Gasteiger partial charge is 0.360 e. The van der Waals surface area contributed by atoms with Crippen molar-refractivity contribution in [2.75, 3.05) is 6.26 Å². The minimum Gasteiger partial charge on any atom is -0.360 e. The van der Waals surface area contributed by atoms with E-state index in [0.717, 1.165) is 19.1 Å². The van der Waals surface area contributed by atoms with Gasteiger partial charge in [0.25, 0.3) is 0 Å². The summed E-state index contributed by atoms with van der Waals surface area (Å²) in [7, 11) is -3.57. The molecule has 0 N–H and O–H groups in total. The number of hydrogen-bond acceptors (Lipinski definition) is 6. The predicted molar refractivity (Wildman–Crippen MR) is 69.3 cm³/mol. The first-order valence-corrected chi connectivity index (χ1v) is 8.02. The maximum atomic E-state index is 12.5. The molecule has 6 nitrogen and oxygen atoms in total. The van der Waals surface area contributed by atoms with Gasteiger partial charge in [-0.3, -0.25) is 4.79 Å². The van der Waals surface area contributed by atoms with Crippen molar-refractivity contribution in [3.05, 3.63) is 41.4 Å². The van der Waals surface area contributed by atoms with E-state index in [0.29, 0.717) is 11.3 Å². The maximum absolute atomic E-state index is 12.5. The molecule has 2 heterocycles. The van der Waals surface area contributed by atoms with Gasteiger partial charge in [0.2, 0.25) is 5.78 Å². The molecule has 2 aromatic heterocycles. The highest BCUT2D eigenvalue weighted by atomic mass is 32.2. The summed E-state index contributed by atoms with van der Waals surface area (Å²) in [5.74, 6) is 0.342. The molecule has 7 heteroatoms. The first kappa shape index (κ1) is 13.0. The number of rotatable bonds is 4. The van der Waals surface area contributed by atoms with Gasteiger partial charge in [-0.1, -0.05) is 5.16 Å². The molecule has 1 aliphatic rings. The number of nitrogens with zero attached hydrogens (tertiary/aromatic N) is 2. The Kier molecular flexibility index (Phi) is 2.93. The third-order valence-electron chi connectivity index (χ3n) is 3.16. The number of ketones is 1. The average molecular weight is 292 g/mol. The number of pyridine rings is 1. The smallest absolute Gasteiger partial charge is 0.201 e. The quantitative estimate of drug-likeness (QED) is 0.795. The number of aromatic nitrogens is 2. The topological polar surface area (TPSA) is 90.1 Å². The third kappa shape index (κ3) is 2.24. The zero-order chi connectivity index (χ0) is 14.3. The van der Waals surface area contributed by atoms with Gasteiger partial charge in [0.05, 0.1) is 17.3 Å². The Labute approximate surface area is 115 Å². The summed E-state index contributed by atoms with van der Waals surface area (Å²) >= 11 is 0. The zero-order valence-corrected chi connectivity index (χ0v) is 11.6. The van der Waals surface area contributed by atoms with Gasteiger partial charge in [-0.05, 0) is 25.0 Å². The van der Waals surface area contributed by atoms with Crippen LogP contribution in [0.15, 0.2) is 34.1 Å². The molecule has 20 heavy (non-hydrogen) atoms. The van der Waals surface area contributed by atoms with E-state index in [4.69, 9.17) is 4.52 Å². The summed E-state index contributed by atoms with van der Waals surface area (Å²) in [6.45, 7) is 0. The molecule has 0 spiro atoms.